The molecule has 0 atom stereocenters. The fourth-order valence-corrected chi connectivity index (χ4v) is 1.76. The van der Waals surface area contributed by atoms with Gasteiger partial charge in [-0.1, -0.05) is 6.92 Å². The minimum absolute atomic E-state index is 0.145. The molecule has 1 aromatic heterocycles. The second-order valence-electron chi connectivity index (χ2n) is 4.44. The average molecular weight is 221 g/mol. The van der Waals surface area contributed by atoms with Gasteiger partial charge < -0.3 is 5.32 Å². The predicted molar refractivity (Wildman–Crippen MR) is 62.4 cm³/mol. The highest BCUT2D eigenvalue weighted by Crippen LogP contribution is 2.27. The normalized spacial score (nSPS) is 15.3. The lowest BCUT2D eigenvalue weighted by Gasteiger charge is -2.06. The van der Waals surface area contributed by atoms with E-state index in [1.165, 1.54) is 12.8 Å². The molecule has 0 saturated heterocycles. The van der Waals surface area contributed by atoms with E-state index in [-0.39, 0.29) is 5.78 Å². The number of hydrogen-bond acceptors (Lipinski definition) is 3. The fraction of sp³-hybridized carbons (Fsp3) is 0.667. The average Bonchev–Trinajstić information content (AvgIpc) is 2.97. The van der Waals surface area contributed by atoms with Gasteiger partial charge in [0, 0.05) is 12.7 Å². The fourth-order valence-electron chi connectivity index (χ4n) is 1.76. The van der Waals surface area contributed by atoms with Crippen molar-refractivity contribution in [3.05, 3.63) is 18.0 Å². The molecule has 4 heteroatoms. The van der Waals surface area contributed by atoms with Crippen molar-refractivity contribution < 1.29 is 4.79 Å². The van der Waals surface area contributed by atoms with Gasteiger partial charge in [0.2, 0.25) is 0 Å². The van der Waals surface area contributed by atoms with Gasteiger partial charge in [0.25, 0.3) is 0 Å². The van der Waals surface area contributed by atoms with Gasteiger partial charge in [-0.3, -0.25) is 9.48 Å². The van der Waals surface area contributed by atoms with Gasteiger partial charge in [0.05, 0.1) is 6.54 Å². The van der Waals surface area contributed by atoms with Crippen LogP contribution in [0.15, 0.2) is 12.3 Å². The summed E-state index contributed by atoms with van der Waals surface area (Å²) < 4.78 is 1.79. The largest absolute Gasteiger partial charge is 0.309 e. The van der Waals surface area contributed by atoms with Crippen molar-refractivity contribution >= 4 is 5.78 Å². The van der Waals surface area contributed by atoms with Gasteiger partial charge in [-0.25, -0.2) is 0 Å². The van der Waals surface area contributed by atoms with E-state index >= 15 is 0 Å². The summed E-state index contributed by atoms with van der Waals surface area (Å²) in [7, 11) is 0. The highest BCUT2D eigenvalue weighted by Gasteiger charge is 2.21. The molecule has 1 saturated carbocycles. The quantitative estimate of drug-likeness (QED) is 0.709. The van der Waals surface area contributed by atoms with Gasteiger partial charge >= 0.3 is 0 Å². The zero-order valence-electron chi connectivity index (χ0n) is 9.78. The van der Waals surface area contributed by atoms with Crippen LogP contribution >= 0.6 is 0 Å². The Hall–Kier alpha value is -1.16. The second-order valence-corrected chi connectivity index (χ2v) is 4.44. The van der Waals surface area contributed by atoms with Crippen LogP contribution in [0.4, 0.5) is 0 Å². The summed E-state index contributed by atoms with van der Waals surface area (Å²) in [6.45, 7) is 4.32. The second kappa shape index (κ2) is 5.25. The van der Waals surface area contributed by atoms with Crippen molar-refractivity contribution in [3.63, 3.8) is 0 Å². The molecule has 1 heterocycles. The molecule has 1 aliphatic rings. The molecule has 1 aromatic rings. The van der Waals surface area contributed by atoms with Crippen LogP contribution in [-0.2, 0) is 6.54 Å². The molecule has 0 unspecified atom stereocenters. The monoisotopic (exact) mass is 221 g/mol. The van der Waals surface area contributed by atoms with Gasteiger partial charge in [0.15, 0.2) is 5.78 Å². The first-order chi connectivity index (χ1) is 7.81. The lowest BCUT2D eigenvalue weighted by molar-refractivity contribution is 0.0980. The summed E-state index contributed by atoms with van der Waals surface area (Å²) >= 11 is 0. The zero-order chi connectivity index (χ0) is 11.4. The summed E-state index contributed by atoms with van der Waals surface area (Å²) in [6, 6.07) is 1.80. The Labute approximate surface area is 96.0 Å². The molecule has 0 aliphatic heterocycles. The summed E-state index contributed by atoms with van der Waals surface area (Å²) in [5.74, 6) is 0.958. The van der Waals surface area contributed by atoms with E-state index in [0.29, 0.717) is 6.54 Å². The molecular formula is C12H19N3O. The van der Waals surface area contributed by atoms with E-state index in [1.807, 2.05) is 0 Å². The van der Waals surface area contributed by atoms with Crippen LogP contribution in [0, 0.1) is 5.92 Å². The maximum atomic E-state index is 11.9. The van der Waals surface area contributed by atoms with Crippen LogP contribution < -0.4 is 5.32 Å². The number of carbonyl (C=O) groups excluding carboxylic acids is 1. The van der Waals surface area contributed by atoms with E-state index in [4.69, 9.17) is 0 Å². The van der Waals surface area contributed by atoms with Crippen LogP contribution in [0.1, 0.15) is 36.7 Å². The number of ketones is 1. The molecule has 1 N–H and O–H groups in total. The Morgan fingerprint density at radius 3 is 3.12 bits per heavy atom. The third-order valence-electron chi connectivity index (χ3n) is 2.85. The number of rotatable bonds is 7. The standard InChI is InChI=1S/C12H19N3O/c1-2-7-15-11(5-6-14-15)12(16)9-13-8-10-3-4-10/h5-6,10,13H,2-4,7-9H2,1H3. The van der Waals surface area contributed by atoms with E-state index < -0.39 is 0 Å². The Kier molecular flexibility index (Phi) is 3.72. The molecule has 16 heavy (non-hydrogen) atoms. The highest BCUT2D eigenvalue weighted by molar-refractivity contribution is 5.96. The van der Waals surface area contributed by atoms with E-state index in [1.54, 1.807) is 16.9 Å². The Morgan fingerprint density at radius 1 is 1.62 bits per heavy atom. The molecule has 0 aromatic carbocycles. The van der Waals surface area contributed by atoms with Crippen molar-refractivity contribution in [2.45, 2.75) is 32.7 Å². The number of nitrogens with zero attached hydrogens (tertiary/aromatic N) is 2. The summed E-state index contributed by atoms with van der Waals surface area (Å²) in [4.78, 5) is 11.9. The third kappa shape index (κ3) is 2.92. The van der Waals surface area contributed by atoms with Crippen LogP contribution in [-0.4, -0.2) is 28.7 Å². The smallest absolute Gasteiger partial charge is 0.194 e. The van der Waals surface area contributed by atoms with Gasteiger partial charge in [0.1, 0.15) is 5.69 Å². The minimum Gasteiger partial charge on any atom is -0.309 e. The molecule has 88 valence electrons. The maximum Gasteiger partial charge on any atom is 0.194 e. The van der Waals surface area contributed by atoms with Crippen LogP contribution in [0.5, 0.6) is 0 Å². The molecule has 1 fully saturated rings. The van der Waals surface area contributed by atoms with E-state index in [0.717, 1.165) is 31.1 Å². The highest BCUT2D eigenvalue weighted by atomic mass is 16.1. The first-order valence-electron chi connectivity index (χ1n) is 6.07. The summed E-state index contributed by atoms with van der Waals surface area (Å²) in [6.07, 6.45) is 5.32. The maximum absolute atomic E-state index is 11.9. The van der Waals surface area contributed by atoms with E-state index in [2.05, 4.69) is 17.3 Å². The number of aromatic nitrogens is 2. The number of aryl methyl sites for hydroxylation is 1. The lowest BCUT2D eigenvalue weighted by Crippen LogP contribution is -2.26. The number of carbonyl (C=O) groups is 1. The molecule has 1 aliphatic carbocycles. The first-order valence-corrected chi connectivity index (χ1v) is 6.07. The minimum atomic E-state index is 0.145. The Morgan fingerprint density at radius 2 is 2.44 bits per heavy atom. The SMILES string of the molecule is CCCn1nccc1C(=O)CNCC1CC1. The summed E-state index contributed by atoms with van der Waals surface area (Å²) in [5, 5.41) is 7.36. The number of hydrogen-bond donors (Lipinski definition) is 1. The number of Topliss-reactive ketones (excluding diaryl/α,β-unsaturated/α-hetero) is 1. The van der Waals surface area contributed by atoms with Crippen molar-refractivity contribution in [1.29, 1.82) is 0 Å². The predicted octanol–water partition coefficient (Wildman–Crippen LogP) is 1.48. The van der Waals surface area contributed by atoms with Gasteiger partial charge in [-0.05, 0) is 37.8 Å². The van der Waals surface area contributed by atoms with Crippen LogP contribution in [0.25, 0.3) is 0 Å². The molecule has 0 amide bonds. The number of nitrogens with one attached hydrogen (secondary N) is 1. The van der Waals surface area contributed by atoms with E-state index in [9.17, 15) is 4.79 Å². The van der Waals surface area contributed by atoms with Gasteiger partial charge in [-0.2, -0.15) is 5.10 Å². The van der Waals surface area contributed by atoms with Crippen LogP contribution in [0.3, 0.4) is 0 Å². The van der Waals surface area contributed by atoms with Crippen LogP contribution in [0.2, 0.25) is 0 Å². The van der Waals surface area contributed by atoms with Crippen molar-refractivity contribution in [2.24, 2.45) is 5.92 Å². The Bertz CT molecular complexity index is 355. The molecule has 2 rings (SSSR count). The zero-order valence-corrected chi connectivity index (χ0v) is 9.78. The van der Waals surface area contributed by atoms with Crippen molar-refractivity contribution in [3.8, 4) is 0 Å². The molecule has 4 nitrogen and oxygen atoms in total. The topological polar surface area (TPSA) is 46.9 Å². The Balaban J connectivity index is 1.83. The molecule has 0 spiro atoms. The molecule has 0 radical (unpaired) electrons. The third-order valence-corrected chi connectivity index (χ3v) is 2.85. The molecular weight excluding hydrogens is 202 g/mol. The van der Waals surface area contributed by atoms with Crippen molar-refractivity contribution in [1.82, 2.24) is 15.1 Å². The molecule has 0 bridgehead atoms. The van der Waals surface area contributed by atoms with Gasteiger partial charge in [-0.15, -0.1) is 0 Å². The van der Waals surface area contributed by atoms with Crippen molar-refractivity contribution in [2.75, 3.05) is 13.1 Å². The lowest BCUT2D eigenvalue weighted by atomic mass is 10.2. The first kappa shape index (κ1) is 11.3. The summed E-state index contributed by atoms with van der Waals surface area (Å²) in [5.41, 5.74) is 0.727.